The van der Waals surface area contributed by atoms with Gasteiger partial charge in [0.05, 0.1) is 24.2 Å². The number of rotatable bonds is 3. The highest BCUT2D eigenvalue weighted by Crippen LogP contribution is 2.29. The number of hydrogen-bond donors (Lipinski definition) is 1. The molecule has 28 heavy (non-hydrogen) atoms. The maximum Gasteiger partial charge on any atom is 0.340 e. The maximum absolute atomic E-state index is 12.7. The minimum Gasteiger partial charge on any atom is -0.481 e. The number of carbonyl (C=O) groups excluding carboxylic acids is 1. The topological polar surface area (TPSA) is 101 Å². The van der Waals surface area contributed by atoms with E-state index in [0.717, 1.165) is 21.9 Å². The first-order valence-corrected chi connectivity index (χ1v) is 9.30. The van der Waals surface area contributed by atoms with Crippen LogP contribution in [-0.4, -0.2) is 35.0 Å². The number of furan rings is 1. The Labute approximate surface area is 160 Å². The summed E-state index contributed by atoms with van der Waals surface area (Å²) in [7, 11) is 0. The molecule has 0 saturated carbocycles. The lowest BCUT2D eigenvalue weighted by molar-refractivity contribution is -0.145. The van der Waals surface area contributed by atoms with E-state index in [1.807, 2.05) is 19.9 Å². The quantitative estimate of drug-likeness (QED) is 0.698. The molecule has 7 nitrogen and oxygen atoms in total. The molecule has 3 heterocycles. The van der Waals surface area contributed by atoms with Gasteiger partial charge in [0, 0.05) is 29.9 Å². The monoisotopic (exact) mass is 383 g/mol. The second kappa shape index (κ2) is 6.82. The van der Waals surface area contributed by atoms with Crippen molar-refractivity contribution in [1.29, 1.82) is 0 Å². The molecule has 0 aliphatic carbocycles. The number of hydrogen-bond acceptors (Lipinski definition) is 5. The van der Waals surface area contributed by atoms with E-state index >= 15 is 0 Å². The highest BCUT2D eigenvalue weighted by Gasteiger charge is 2.28. The molecule has 3 aromatic rings. The molecule has 1 aromatic carbocycles. The molecule has 146 valence electrons. The van der Waals surface area contributed by atoms with Crippen molar-refractivity contribution in [3.05, 3.63) is 45.5 Å². The third kappa shape index (κ3) is 3.06. The zero-order valence-electron chi connectivity index (χ0n) is 15.8. The molecule has 1 aliphatic rings. The molecule has 1 aliphatic heterocycles. The lowest BCUT2D eigenvalue weighted by atomic mass is 9.96. The number of nitrogens with zero attached hydrogens (tertiary/aromatic N) is 1. The van der Waals surface area contributed by atoms with Gasteiger partial charge < -0.3 is 18.8 Å². The van der Waals surface area contributed by atoms with E-state index in [4.69, 9.17) is 13.9 Å². The smallest absolute Gasteiger partial charge is 0.340 e. The van der Waals surface area contributed by atoms with E-state index in [2.05, 4.69) is 0 Å². The Morgan fingerprint density at radius 2 is 1.86 bits per heavy atom. The van der Waals surface area contributed by atoms with Gasteiger partial charge in [-0.2, -0.15) is 0 Å². The molecule has 0 spiro atoms. The second-order valence-corrected chi connectivity index (χ2v) is 7.43. The van der Waals surface area contributed by atoms with E-state index in [-0.39, 0.29) is 12.3 Å². The number of amides is 1. The number of piperidine rings is 1. The van der Waals surface area contributed by atoms with Gasteiger partial charge in [0.25, 0.3) is 0 Å². The molecule has 0 unspecified atom stereocenters. The van der Waals surface area contributed by atoms with E-state index < -0.39 is 17.5 Å². The Morgan fingerprint density at radius 3 is 2.54 bits per heavy atom. The molecule has 0 radical (unpaired) electrons. The molecule has 0 bridgehead atoms. The van der Waals surface area contributed by atoms with Crippen molar-refractivity contribution < 1.29 is 23.5 Å². The van der Waals surface area contributed by atoms with Gasteiger partial charge in [-0.25, -0.2) is 4.79 Å². The summed E-state index contributed by atoms with van der Waals surface area (Å²) in [6.07, 6.45) is 2.47. The minimum atomic E-state index is -0.820. The summed E-state index contributed by atoms with van der Waals surface area (Å²) in [5.74, 6) is -1.41. The van der Waals surface area contributed by atoms with Crippen LogP contribution in [0, 0.1) is 19.8 Å². The molecule has 7 heteroatoms. The third-order valence-corrected chi connectivity index (χ3v) is 5.70. The van der Waals surface area contributed by atoms with Crippen LogP contribution < -0.4 is 5.63 Å². The van der Waals surface area contributed by atoms with Crippen molar-refractivity contribution in [2.24, 2.45) is 5.92 Å². The normalized spacial score (nSPS) is 15.4. The summed E-state index contributed by atoms with van der Waals surface area (Å²) in [5.41, 5.74) is 2.62. The fourth-order valence-corrected chi connectivity index (χ4v) is 3.88. The van der Waals surface area contributed by atoms with Gasteiger partial charge >= 0.3 is 11.6 Å². The van der Waals surface area contributed by atoms with Crippen LogP contribution in [0.3, 0.4) is 0 Å². The second-order valence-electron chi connectivity index (χ2n) is 7.43. The molecule has 2 aromatic heterocycles. The van der Waals surface area contributed by atoms with Gasteiger partial charge in [-0.1, -0.05) is 0 Å². The Morgan fingerprint density at radius 1 is 1.14 bits per heavy atom. The van der Waals surface area contributed by atoms with Crippen molar-refractivity contribution >= 4 is 33.8 Å². The van der Waals surface area contributed by atoms with Crippen LogP contribution in [0.2, 0.25) is 0 Å². The van der Waals surface area contributed by atoms with Crippen LogP contribution in [0.15, 0.2) is 32.0 Å². The van der Waals surface area contributed by atoms with Crippen molar-refractivity contribution in [2.75, 3.05) is 13.1 Å². The van der Waals surface area contributed by atoms with Gasteiger partial charge in [-0.3, -0.25) is 9.59 Å². The first-order chi connectivity index (χ1) is 13.3. The van der Waals surface area contributed by atoms with E-state index in [9.17, 15) is 14.4 Å². The number of aryl methyl sites for hydroxylation is 2. The number of carbonyl (C=O) groups is 2. The number of benzene rings is 1. The third-order valence-electron chi connectivity index (χ3n) is 5.70. The molecule has 1 N–H and O–H groups in total. The van der Waals surface area contributed by atoms with Crippen molar-refractivity contribution in [2.45, 2.75) is 33.1 Å². The Kier molecular flexibility index (Phi) is 4.45. The van der Waals surface area contributed by atoms with Crippen LogP contribution in [0.1, 0.15) is 29.5 Å². The van der Waals surface area contributed by atoms with E-state index in [1.54, 1.807) is 17.2 Å². The summed E-state index contributed by atoms with van der Waals surface area (Å²) in [5, 5.41) is 10.8. The molecule has 0 atom stereocenters. The van der Waals surface area contributed by atoms with E-state index in [0.29, 0.717) is 42.7 Å². The van der Waals surface area contributed by atoms with Crippen molar-refractivity contribution in [3.63, 3.8) is 0 Å². The van der Waals surface area contributed by atoms with Crippen LogP contribution in [0.5, 0.6) is 0 Å². The van der Waals surface area contributed by atoms with Gasteiger partial charge in [0.15, 0.2) is 0 Å². The summed E-state index contributed by atoms with van der Waals surface area (Å²) in [6, 6.07) is 3.63. The molecule has 1 saturated heterocycles. The highest BCUT2D eigenvalue weighted by atomic mass is 16.4. The predicted octanol–water partition coefficient (Wildman–Crippen LogP) is 3.02. The number of fused-ring (bicyclic) bond motifs is 2. The van der Waals surface area contributed by atoms with Crippen LogP contribution in [0.4, 0.5) is 0 Å². The number of likely N-dealkylation sites (tertiary alicyclic amines) is 1. The zero-order chi connectivity index (χ0) is 20.0. The summed E-state index contributed by atoms with van der Waals surface area (Å²) < 4.78 is 10.9. The molecular formula is C21H21NO6. The number of aliphatic carboxylic acids is 1. The van der Waals surface area contributed by atoms with Crippen LogP contribution in [0.25, 0.3) is 21.9 Å². The minimum absolute atomic E-state index is 0.0513. The fourth-order valence-electron chi connectivity index (χ4n) is 3.88. The largest absolute Gasteiger partial charge is 0.481 e. The Hall–Kier alpha value is -3.09. The molecule has 1 amide bonds. The lowest BCUT2D eigenvalue weighted by Crippen LogP contribution is -2.41. The van der Waals surface area contributed by atoms with Gasteiger partial charge in [0.1, 0.15) is 11.2 Å². The molecule has 1 fully saturated rings. The average molecular weight is 383 g/mol. The van der Waals surface area contributed by atoms with Crippen molar-refractivity contribution in [3.8, 4) is 0 Å². The van der Waals surface area contributed by atoms with Crippen LogP contribution >= 0.6 is 0 Å². The Balaban J connectivity index is 1.64. The number of carboxylic acids is 1. The number of carboxylic acid groups (broad SMARTS) is 1. The average Bonchev–Trinajstić information content (AvgIpc) is 3.03. The highest BCUT2D eigenvalue weighted by molar-refractivity contribution is 5.96. The van der Waals surface area contributed by atoms with E-state index in [1.165, 1.54) is 0 Å². The first kappa shape index (κ1) is 18.3. The Bertz CT molecular complexity index is 1150. The fraction of sp³-hybridized carbons (Fsp3) is 0.381. The first-order valence-electron chi connectivity index (χ1n) is 9.30. The SMILES string of the molecule is Cc1coc2cc3oc(=O)c(CC(=O)N4CCC(C(=O)O)CC4)c(C)c3cc12. The zero-order valence-corrected chi connectivity index (χ0v) is 15.8. The summed E-state index contributed by atoms with van der Waals surface area (Å²) in [4.78, 5) is 37.9. The molecular weight excluding hydrogens is 362 g/mol. The lowest BCUT2D eigenvalue weighted by Gasteiger charge is -2.30. The van der Waals surface area contributed by atoms with Crippen molar-refractivity contribution in [1.82, 2.24) is 4.90 Å². The predicted molar refractivity (Wildman–Crippen MR) is 102 cm³/mol. The van der Waals surface area contributed by atoms with Crippen LogP contribution in [-0.2, 0) is 16.0 Å². The van der Waals surface area contributed by atoms with Gasteiger partial charge in [-0.15, -0.1) is 0 Å². The standard InChI is InChI=1S/C21H21NO6/c1-11-10-27-17-9-18-15(7-14(11)17)12(2)16(21(26)28-18)8-19(23)22-5-3-13(4-6-22)20(24)25/h7,9-10,13H,3-6,8H2,1-2H3,(H,24,25). The van der Waals surface area contributed by atoms with Gasteiger partial charge in [0.2, 0.25) is 5.91 Å². The summed E-state index contributed by atoms with van der Waals surface area (Å²) in [6.45, 7) is 4.54. The molecule has 4 rings (SSSR count). The summed E-state index contributed by atoms with van der Waals surface area (Å²) >= 11 is 0. The van der Waals surface area contributed by atoms with Gasteiger partial charge in [-0.05, 0) is 43.9 Å². The maximum atomic E-state index is 12.7.